The van der Waals surface area contributed by atoms with Crippen LogP contribution in [0.1, 0.15) is 29.4 Å². The molecular formula is C14H18ClN3. The van der Waals surface area contributed by atoms with E-state index in [1.165, 1.54) is 11.3 Å². The van der Waals surface area contributed by atoms with Crippen molar-refractivity contribution >= 4 is 17.3 Å². The van der Waals surface area contributed by atoms with Gasteiger partial charge in [0.1, 0.15) is 0 Å². The second kappa shape index (κ2) is 5.02. The third kappa shape index (κ3) is 2.36. The van der Waals surface area contributed by atoms with E-state index >= 15 is 0 Å². The van der Waals surface area contributed by atoms with E-state index in [9.17, 15) is 0 Å². The maximum absolute atomic E-state index is 6.18. The summed E-state index contributed by atoms with van der Waals surface area (Å²) in [4.78, 5) is 0. The van der Waals surface area contributed by atoms with E-state index in [-0.39, 0.29) is 0 Å². The number of nitrogens with two attached hydrogens (primary N) is 1. The van der Waals surface area contributed by atoms with Crippen molar-refractivity contribution in [1.29, 1.82) is 0 Å². The van der Waals surface area contributed by atoms with Crippen LogP contribution >= 0.6 is 11.6 Å². The Balaban J connectivity index is 2.37. The summed E-state index contributed by atoms with van der Waals surface area (Å²) in [6.07, 6.45) is 1.00. The lowest BCUT2D eigenvalue weighted by Gasteiger charge is -2.08. The van der Waals surface area contributed by atoms with Gasteiger partial charge >= 0.3 is 0 Å². The van der Waals surface area contributed by atoms with Crippen molar-refractivity contribution in [2.75, 3.05) is 5.73 Å². The Kier molecular flexibility index (Phi) is 3.62. The van der Waals surface area contributed by atoms with E-state index in [1.54, 1.807) is 0 Å². The maximum Gasteiger partial charge on any atom is 0.0677 e. The molecule has 0 saturated heterocycles. The second-order valence-electron chi connectivity index (χ2n) is 4.51. The zero-order valence-corrected chi connectivity index (χ0v) is 11.8. The standard InChI is InChI=1S/C14H18ClN3/c1-4-13-9(2)17-18(10(13)3)8-11-7-12(16)5-6-14(11)15/h5-7H,4,8,16H2,1-3H3. The molecule has 0 unspecified atom stereocenters. The first-order chi connectivity index (χ1) is 8.52. The summed E-state index contributed by atoms with van der Waals surface area (Å²) in [6.45, 7) is 6.95. The Morgan fingerprint density at radius 2 is 2.06 bits per heavy atom. The molecule has 0 radical (unpaired) electrons. The number of hydrogen-bond donors (Lipinski definition) is 1. The van der Waals surface area contributed by atoms with E-state index in [4.69, 9.17) is 17.3 Å². The molecule has 2 N–H and O–H groups in total. The summed E-state index contributed by atoms with van der Waals surface area (Å²) in [7, 11) is 0. The van der Waals surface area contributed by atoms with Gasteiger partial charge in [-0.3, -0.25) is 4.68 Å². The fraction of sp³-hybridized carbons (Fsp3) is 0.357. The molecule has 4 heteroatoms. The molecule has 0 amide bonds. The van der Waals surface area contributed by atoms with Gasteiger partial charge in [-0.15, -0.1) is 0 Å². The monoisotopic (exact) mass is 263 g/mol. The first-order valence-electron chi connectivity index (χ1n) is 6.09. The van der Waals surface area contributed by atoms with Crippen molar-refractivity contribution in [3.63, 3.8) is 0 Å². The average Bonchev–Trinajstić information content (AvgIpc) is 2.59. The van der Waals surface area contributed by atoms with Crippen LogP contribution in [-0.4, -0.2) is 9.78 Å². The molecule has 96 valence electrons. The van der Waals surface area contributed by atoms with Gasteiger partial charge in [-0.1, -0.05) is 18.5 Å². The third-order valence-corrected chi connectivity index (χ3v) is 3.64. The number of aromatic nitrogens is 2. The summed E-state index contributed by atoms with van der Waals surface area (Å²) in [6, 6.07) is 5.55. The van der Waals surface area contributed by atoms with Crippen molar-refractivity contribution < 1.29 is 0 Å². The molecule has 0 aliphatic heterocycles. The lowest BCUT2D eigenvalue weighted by Crippen LogP contribution is -2.05. The minimum atomic E-state index is 0.663. The molecule has 0 fully saturated rings. The van der Waals surface area contributed by atoms with Crippen LogP contribution in [0.4, 0.5) is 5.69 Å². The highest BCUT2D eigenvalue weighted by Crippen LogP contribution is 2.22. The van der Waals surface area contributed by atoms with Crippen molar-refractivity contribution in [1.82, 2.24) is 9.78 Å². The first-order valence-corrected chi connectivity index (χ1v) is 6.47. The quantitative estimate of drug-likeness (QED) is 0.863. The first kappa shape index (κ1) is 13.0. The van der Waals surface area contributed by atoms with Gasteiger partial charge in [-0.2, -0.15) is 5.10 Å². The SMILES string of the molecule is CCc1c(C)nn(Cc2cc(N)ccc2Cl)c1C. The van der Waals surface area contributed by atoms with Crippen LogP contribution in [-0.2, 0) is 13.0 Å². The molecule has 0 atom stereocenters. The number of nitrogen functional groups attached to an aromatic ring is 1. The smallest absolute Gasteiger partial charge is 0.0677 e. The Labute approximate surface area is 113 Å². The number of aryl methyl sites for hydroxylation is 1. The Bertz CT molecular complexity index is 573. The van der Waals surface area contributed by atoms with Gasteiger partial charge in [0, 0.05) is 16.4 Å². The molecular weight excluding hydrogens is 246 g/mol. The van der Waals surface area contributed by atoms with E-state index in [1.807, 2.05) is 29.8 Å². The molecule has 1 heterocycles. The third-order valence-electron chi connectivity index (χ3n) is 3.27. The zero-order chi connectivity index (χ0) is 13.3. The van der Waals surface area contributed by atoms with E-state index < -0.39 is 0 Å². The molecule has 1 aromatic carbocycles. The fourth-order valence-corrected chi connectivity index (χ4v) is 2.45. The van der Waals surface area contributed by atoms with E-state index in [0.717, 1.165) is 28.4 Å². The second-order valence-corrected chi connectivity index (χ2v) is 4.92. The van der Waals surface area contributed by atoms with Crippen LogP contribution in [0, 0.1) is 13.8 Å². The van der Waals surface area contributed by atoms with Crippen molar-refractivity contribution in [2.45, 2.75) is 33.7 Å². The van der Waals surface area contributed by atoms with Crippen LogP contribution in [0.3, 0.4) is 0 Å². The van der Waals surface area contributed by atoms with Crippen LogP contribution in [0.25, 0.3) is 0 Å². The summed E-state index contributed by atoms with van der Waals surface area (Å²) in [5.41, 5.74) is 11.1. The number of anilines is 1. The van der Waals surface area contributed by atoms with Crippen molar-refractivity contribution in [3.05, 3.63) is 45.7 Å². The molecule has 0 spiro atoms. The molecule has 0 bridgehead atoms. The summed E-state index contributed by atoms with van der Waals surface area (Å²) in [5, 5.41) is 5.30. The largest absolute Gasteiger partial charge is 0.399 e. The summed E-state index contributed by atoms with van der Waals surface area (Å²) in [5.74, 6) is 0. The Morgan fingerprint density at radius 1 is 1.33 bits per heavy atom. The fourth-order valence-electron chi connectivity index (χ4n) is 2.28. The Morgan fingerprint density at radius 3 is 2.67 bits per heavy atom. The molecule has 0 saturated carbocycles. The number of rotatable bonds is 3. The van der Waals surface area contributed by atoms with E-state index in [0.29, 0.717) is 6.54 Å². The van der Waals surface area contributed by atoms with Gasteiger partial charge in [0.2, 0.25) is 0 Å². The van der Waals surface area contributed by atoms with Crippen molar-refractivity contribution in [2.24, 2.45) is 0 Å². The van der Waals surface area contributed by atoms with Crippen LogP contribution in [0.5, 0.6) is 0 Å². The van der Waals surface area contributed by atoms with Gasteiger partial charge in [0.15, 0.2) is 0 Å². The predicted molar refractivity (Wildman–Crippen MR) is 76.0 cm³/mol. The summed E-state index contributed by atoms with van der Waals surface area (Å²) < 4.78 is 1.99. The molecule has 18 heavy (non-hydrogen) atoms. The highest BCUT2D eigenvalue weighted by Gasteiger charge is 2.11. The highest BCUT2D eigenvalue weighted by molar-refractivity contribution is 6.31. The van der Waals surface area contributed by atoms with Gasteiger partial charge < -0.3 is 5.73 Å². The minimum Gasteiger partial charge on any atom is -0.399 e. The number of nitrogens with zero attached hydrogens (tertiary/aromatic N) is 2. The highest BCUT2D eigenvalue weighted by atomic mass is 35.5. The van der Waals surface area contributed by atoms with Crippen LogP contribution in [0.2, 0.25) is 5.02 Å². The number of halogens is 1. The molecule has 2 rings (SSSR count). The van der Waals surface area contributed by atoms with Crippen molar-refractivity contribution in [3.8, 4) is 0 Å². The number of benzene rings is 1. The van der Waals surface area contributed by atoms with Crippen LogP contribution < -0.4 is 5.73 Å². The molecule has 3 nitrogen and oxygen atoms in total. The minimum absolute atomic E-state index is 0.663. The molecule has 0 aliphatic carbocycles. The molecule has 1 aromatic heterocycles. The lowest BCUT2D eigenvalue weighted by molar-refractivity contribution is 0.658. The van der Waals surface area contributed by atoms with Gasteiger partial charge in [0.25, 0.3) is 0 Å². The summed E-state index contributed by atoms with van der Waals surface area (Å²) >= 11 is 6.18. The lowest BCUT2D eigenvalue weighted by atomic mass is 10.1. The normalized spacial score (nSPS) is 10.9. The zero-order valence-electron chi connectivity index (χ0n) is 11.0. The number of hydrogen-bond acceptors (Lipinski definition) is 2. The van der Waals surface area contributed by atoms with Gasteiger partial charge in [-0.05, 0) is 49.6 Å². The van der Waals surface area contributed by atoms with Gasteiger partial charge in [0.05, 0.1) is 12.2 Å². The molecule has 0 aliphatic rings. The average molecular weight is 264 g/mol. The van der Waals surface area contributed by atoms with E-state index in [2.05, 4.69) is 18.9 Å². The topological polar surface area (TPSA) is 43.8 Å². The Hall–Kier alpha value is -1.48. The van der Waals surface area contributed by atoms with Crippen LogP contribution in [0.15, 0.2) is 18.2 Å². The van der Waals surface area contributed by atoms with Gasteiger partial charge in [-0.25, -0.2) is 0 Å². The maximum atomic E-state index is 6.18. The predicted octanol–water partition coefficient (Wildman–Crippen LogP) is 3.35. The molecule has 2 aromatic rings.